The monoisotopic (exact) mass is 474 g/mol. The van der Waals surface area contributed by atoms with Crippen molar-refractivity contribution < 1.29 is 22.7 Å². The Balaban J connectivity index is 1.97. The third-order valence-electron chi connectivity index (χ3n) is 4.15. The predicted octanol–water partition coefficient (Wildman–Crippen LogP) is 3.50. The molecule has 2 aromatic rings. The molecule has 0 aliphatic rings. The molecule has 0 unspecified atom stereocenters. The van der Waals surface area contributed by atoms with E-state index in [0.717, 1.165) is 0 Å². The van der Waals surface area contributed by atoms with Crippen LogP contribution in [0.2, 0.25) is 10.0 Å². The zero-order valence-electron chi connectivity index (χ0n) is 16.8. The molecular weight excluding hydrogens is 451 g/mol. The van der Waals surface area contributed by atoms with E-state index in [1.165, 1.54) is 12.1 Å². The molecular formula is C20H24Cl2N2O5S. The van der Waals surface area contributed by atoms with Gasteiger partial charge in [-0.15, -0.1) is 0 Å². The van der Waals surface area contributed by atoms with Gasteiger partial charge in [-0.2, -0.15) is 4.72 Å². The lowest BCUT2D eigenvalue weighted by molar-refractivity contribution is -0.123. The zero-order valence-corrected chi connectivity index (χ0v) is 19.1. The van der Waals surface area contributed by atoms with Crippen molar-refractivity contribution in [3.63, 3.8) is 0 Å². The first kappa shape index (κ1) is 24.3. The van der Waals surface area contributed by atoms with Gasteiger partial charge >= 0.3 is 0 Å². The highest BCUT2D eigenvalue weighted by molar-refractivity contribution is 7.89. The summed E-state index contributed by atoms with van der Waals surface area (Å²) in [6.45, 7) is 3.87. The Morgan fingerprint density at radius 3 is 2.13 bits per heavy atom. The van der Waals surface area contributed by atoms with E-state index >= 15 is 0 Å². The van der Waals surface area contributed by atoms with Gasteiger partial charge in [0.15, 0.2) is 0 Å². The van der Waals surface area contributed by atoms with Crippen LogP contribution in [0.25, 0.3) is 0 Å². The fraction of sp³-hybridized carbons (Fsp3) is 0.350. The van der Waals surface area contributed by atoms with E-state index in [1.807, 2.05) is 0 Å². The van der Waals surface area contributed by atoms with Crippen molar-refractivity contribution in [3.8, 4) is 11.5 Å². The largest absolute Gasteiger partial charge is 0.497 e. The summed E-state index contributed by atoms with van der Waals surface area (Å²) in [5, 5.41) is 2.63. The van der Waals surface area contributed by atoms with Crippen LogP contribution in [0.1, 0.15) is 13.8 Å². The summed E-state index contributed by atoms with van der Waals surface area (Å²) < 4.78 is 38.6. The number of rotatable bonds is 10. The molecule has 0 aromatic heterocycles. The van der Waals surface area contributed by atoms with E-state index in [9.17, 15) is 13.2 Å². The number of amides is 1. The summed E-state index contributed by atoms with van der Waals surface area (Å²) in [6.07, 6.45) is 0. The minimum atomic E-state index is -4.11. The van der Waals surface area contributed by atoms with Gasteiger partial charge < -0.3 is 14.8 Å². The van der Waals surface area contributed by atoms with Gasteiger partial charge in [0.2, 0.25) is 15.9 Å². The molecule has 30 heavy (non-hydrogen) atoms. The first-order valence-electron chi connectivity index (χ1n) is 9.16. The van der Waals surface area contributed by atoms with Gasteiger partial charge in [-0.25, -0.2) is 8.42 Å². The summed E-state index contributed by atoms with van der Waals surface area (Å²) in [6, 6.07) is 10.4. The van der Waals surface area contributed by atoms with E-state index in [1.54, 1.807) is 51.3 Å². The number of carbonyl (C=O) groups excluding carboxylic acids is 1. The number of carbonyl (C=O) groups is 1. The maximum absolute atomic E-state index is 12.8. The van der Waals surface area contributed by atoms with Crippen molar-refractivity contribution in [2.24, 2.45) is 5.92 Å². The third-order valence-corrected chi connectivity index (χ3v) is 6.54. The van der Waals surface area contributed by atoms with Crippen molar-refractivity contribution in [2.75, 3.05) is 20.3 Å². The van der Waals surface area contributed by atoms with Crippen LogP contribution in [0.3, 0.4) is 0 Å². The number of methoxy groups -OCH3 is 1. The molecule has 0 saturated heterocycles. The smallest absolute Gasteiger partial charge is 0.244 e. The average molecular weight is 475 g/mol. The van der Waals surface area contributed by atoms with Gasteiger partial charge in [-0.3, -0.25) is 4.79 Å². The van der Waals surface area contributed by atoms with Gasteiger partial charge in [0.05, 0.1) is 23.7 Å². The average Bonchev–Trinajstić information content (AvgIpc) is 2.69. The van der Waals surface area contributed by atoms with Gasteiger partial charge in [0, 0.05) is 0 Å². The number of hydrogen-bond acceptors (Lipinski definition) is 5. The Morgan fingerprint density at radius 1 is 1.03 bits per heavy atom. The highest BCUT2D eigenvalue weighted by Crippen LogP contribution is 2.29. The molecule has 1 atom stereocenters. The molecule has 0 fully saturated rings. The molecule has 0 aliphatic heterocycles. The van der Waals surface area contributed by atoms with Crippen LogP contribution in [0.15, 0.2) is 47.4 Å². The third kappa shape index (κ3) is 6.50. The molecule has 0 radical (unpaired) electrons. The lowest BCUT2D eigenvalue weighted by Gasteiger charge is -2.22. The quantitative estimate of drug-likeness (QED) is 0.513. The minimum absolute atomic E-state index is 0.0224. The summed E-state index contributed by atoms with van der Waals surface area (Å²) in [5.41, 5.74) is 0. The van der Waals surface area contributed by atoms with Gasteiger partial charge in [-0.05, 0) is 42.3 Å². The molecule has 7 nitrogen and oxygen atoms in total. The first-order chi connectivity index (χ1) is 14.2. The molecule has 0 bridgehead atoms. The lowest BCUT2D eigenvalue weighted by atomic mass is 10.1. The zero-order chi connectivity index (χ0) is 22.3. The van der Waals surface area contributed by atoms with E-state index in [2.05, 4.69) is 10.0 Å². The number of sulfonamides is 1. The number of halogens is 2. The second-order valence-corrected chi connectivity index (χ2v) is 9.17. The Hall–Kier alpha value is -2.00. The molecule has 10 heteroatoms. The maximum Gasteiger partial charge on any atom is 0.244 e. The number of ether oxygens (including phenoxy) is 2. The van der Waals surface area contributed by atoms with E-state index in [-0.39, 0.29) is 34.0 Å². The Kier molecular flexibility index (Phi) is 8.78. The van der Waals surface area contributed by atoms with Gasteiger partial charge in [0.25, 0.3) is 0 Å². The first-order valence-corrected chi connectivity index (χ1v) is 11.4. The highest BCUT2D eigenvalue weighted by Gasteiger charge is 2.30. The topological polar surface area (TPSA) is 93.7 Å². The molecule has 2 N–H and O–H groups in total. The summed E-state index contributed by atoms with van der Waals surface area (Å²) in [4.78, 5) is 12.3. The van der Waals surface area contributed by atoms with Gasteiger partial charge in [-0.1, -0.05) is 43.1 Å². The van der Waals surface area contributed by atoms with Crippen LogP contribution in [0.5, 0.6) is 11.5 Å². The summed E-state index contributed by atoms with van der Waals surface area (Å²) in [7, 11) is -2.54. The van der Waals surface area contributed by atoms with Crippen LogP contribution < -0.4 is 19.5 Å². The van der Waals surface area contributed by atoms with E-state index in [4.69, 9.17) is 32.7 Å². The second-order valence-electron chi connectivity index (χ2n) is 6.71. The fourth-order valence-corrected chi connectivity index (χ4v) is 5.07. The normalized spacial score (nSPS) is 12.5. The summed E-state index contributed by atoms with van der Waals surface area (Å²) in [5.74, 6) is 0.541. The fourth-order valence-electron chi connectivity index (χ4n) is 2.58. The Labute approximate surface area is 186 Å². The highest BCUT2D eigenvalue weighted by atomic mass is 35.5. The molecule has 0 aliphatic carbocycles. The molecule has 0 heterocycles. The predicted molar refractivity (Wildman–Crippen MR) is 117 cm³/mol. The SMILES string of the molecule is COc1ccc(OCCNC(=O)[C@@H](NS(=O)(=O)c2c(Cl)cccc2Cl)C(C)C)cc1. The standard InChI is InChI=1S/C20H24Cl2N2O5S/c1-13(2)18(24-30(26,27)19-16(21)5-4-6-17(19)22)20(25)23-11-12-29-15-9-7-14(28-3)8-10-15/h4-10,13,18,24H,11-12H2,1-3H3,(H,23,25)/t18-/m0/s1. The van der Waals surface area contributed by atoms with Gasteiger partial charge in [0.1, 0.15) is 29.0 Å². The molecule has 2 aromatic carbocycles. The maximum atomic E-state index is 12.8. The van der Waals surface area contributed by atoms with E-state index in [0.29, 0.717) is 11.5 Å². The lowest BCUT2D eigenvalue weighted by Crippen LogP contribution is -2.50. The number of benzene rings is 2. The van der Waals surface area contributed by atoms with Crippen molar-refractivity contribution in [3.05, 3.63) is 52.5 Å². The van der Waals surface area contributed by atoms with Crippen LogP contribution in [0, 0.1) is 5.92 Å². The Bertz CT molecular complexity index is 945. The van der Waals surface area contributed by atoms with Crippen molar-refractivity contribution in [1.29, 1.82) is 0 Å². The van der Waals surface area contributed by atoms with E-state index < -0.39 is 22.0 Å². The minimum Gasteiger partial charge on any atom is -0.497 e. The molecule has 1 amide bonds. The second kappa shape index (κ2) is 10.9. The molecule has 0 saturated carbocycles. The van der Waals surface area contributed by atoms with Crippen LogP contribution in [-0.2, 0) is 14.8 Å². The number of nitrogens with one attached hydrogen (secondary N) is 2. The number of hydrogen-bond donors (Lipinski definition) is 2. The molecule has 2 rings (SSSR count). The summed E-state index contributed by atoms with van der Waals surface area (Å²) >= 11 is 12.0. The van der Waals surface area contributed by atoms with Crippen LogP contribution in [0.4, 0.5) is 0 Å². The molecule has 164 valence electrons. The van der Waals surface area contributed by atoms with Crippen molar-refractivity contribution in [1.82, 2.24) is 10.0 Å². The van der Waals surface area contributed by atoms with Crippen molar-refractivity contribution >= 4 is 39.1 Å². The van der Waals surface area contributed by atoms with Crippen molar-refractivity contribution in [2.45, 2.75) is 24.8 Å². The van der Waals surface area contributed by atoms with Crippen LogP contribution >= 0.6 is 23.2 Å². The van der Waals surface area contributed by atoms with Crippen LogP contribution in [-0.4, -0.2) is 40.6 Å². The Morgan fingerprint density at radius 2 is 1.60 bits per heavy atom. The molecule has 0 spiro atoms.